The van der Waals surface area contributed by atoms with Crippen molar-refractivity contribution >= 4 is 28.9 Å². The lowest BCUT2D eigenvalue weighted by molar-refractivity contribution is 0.0602. The Bertz CT molecular complexity index is 438. The zero-order valence-electron chi connectivity index (χ0n) is 11.2. The summed E-state index contributed by atoms with van der Waals surface area (Å²) >= 11 is 6.09. The summed E-state index contributed by atoms with van der Waals surface area (Å²) in [6.45, 7) is 3.94. The standard InChI is InChI=1S/C13H19ClN2O3/c1-3-19-6-4-5-16-12-10(13(17)18-2)7-9(15)8-11(12)14/h7-8,16H,3-6,15H2,1-2H3. The van der Waals surface area contributed by atoms with Gasteiger partial charge in [0, 0.05) is 25.4 Å². The van der Waals surface area contributed by atoms with Crippen LogP contribution in [0.3, 0.4) is 0 Å². The van der Waals surface area contributed by atoms with Gasteiger partial charge in [-0.1, -0.05) is 11.6 Å². The molecule has 0 spiro atoms. The number of carbonyl (C=O) groups is 1. The van der Waals surface area contributed by atoms with Crippen LogP contribution in [-0.4, -0.2) is 32.8 Å². The summed E-state index contributed by atoms with van der Waals surface area (Å²) in [4.78, 5) is 11.7. The molecule has 6 heteroatoms. The summed E-state index contributed by atoms with van der Waals surface area (Å²) in [6.07, 6.45) is 0.815. The van der Waals surface area contributed by atoms with E-state index in [1.807, 2.05) is 6.92 Å². The van der Waals surface area contributed by atoms with Gasteiger partial charge in [-0.05, 0) is 25.5 Å². The number of hydrogen-bond acceptors (Lipinski definition) is 5. The molecule has 5 nitrogen and oxygen atoms in total. The first-order chi connectivity index (χ1) is 9.10. The minimum absolute atomic E-state index is 0.337. The topological polar surface area (TPSA) is 73.6 Å². The van der Waals surface area contributed by atoms with Gasteiger partial charge in [0.15, 0.2) is 0 Å². The average Bonchev–Trinajstić information content (AvgIpc) is 2.39. The highest BCUT2D eigenvalue weighted by Gasteiger charge is 2.15. The predicted molar refractivity (Wildman–Crippen MR) is 76.8 cm³/mol. The van der Waals surface area contributed by atoms with E-state index in [-0.39, 0.29) is 0 Å². The van der Waals surface area contributed by atoms with Gasteiger partial charge in [0.1, 0.15) is 0 Å². The van der Waals surface area contributed by atoms with Crippen molar-refractivity contribution in [2.75, 3.05) is 37.9 Å². The van der Waals surface area contributed by atoms with E-state index in [1.54, 1.807) is 12.1 Å². The number of halogens is 1. The van der Waals surface area contributed by atoms with Gasteiger partial charge in [-0.3, -0.25) is 0 Å². The van der Waals surface area contributed by atoms with Crippen LogP contribution < -0.4 is 11.1 Å². The molecule has 1 aromatic carbocycles. The summed E-state index contributed by atoms with van der Waals surface area (Å²) in [5.74, 6) is -0.471. The minimum Gasteiger partial charge on any atom is -0.465 e. The molecule has 0 bridgehead atoms. The Morgan fingerprint density at radius 2 is 2.21 bits per heavy atom. The summed E-state index contributed by atoms with van der Waals surface area (Å²) in [7, 11) is 1.32. The third-order valence-corrected chi connectivity index (χ3v) is 2.79. The van der Waals surface area contributed by atoms with Crippen molar-refractivity contribution in [2.45, 2.75) is 13.3 Å². The van der Waals surface area contributed by atoms with Crippen LogP contribution >= 0.6 is 11.6 Å². The molecule has 0 saturated carbocycles. The monoisotopic (exact) mass is 286 g/mol. The van der Waals surface area contributed by atoms with Crippen LogP contribution in [-0.2, 0) is 9.47 Å². The quantitative estimate of drug-likeness (QED) is 0.458. The van der Waals surface area contributed by atoms with Gasteiger partial charge in [0.2, 0.25) is 0 Å². The van der Waals surface area contributed by atoms with Crippen LogP contribution in [0.1, 0.15) is 23.7 Å². The van der Waals surface area contributed by atoms with Crippen LogP contribution in [0, 0.1) is 0 Å². The summed E-state index contributed by atoms with van der Waals surface area (Å²) in [5, 5.41) is 3.51. The van der Waals surface area contributed by atoms with E-state index in [1.165, 1.54) is 7.11 Å². The molecule has 0 amide bonds. The fraction of sp³-hybridized carbons (Fsp3) is 0.462. The van der Waals surface area contributed by atoms with Gasteiger partial charge in [0.05, 0.1) is 23.4 Å². The molecule has 0 aromatic heterocycles. The molecule has 0 radical (unpaired) electrons. The van der Waals surface area contributed by atoms with Crippen molar-refractivity contribution in [2.24, 2.45) is 0 Å². The molecule has 19 heavy (non-hydrogen) atoms. The first-order valence-electron chi connectivity index (χ1n) is 6.09. The fourth-order valence-corrected chi connectivity index (χ4v) is 1.90. The van der Waals surface area contributed by atoms with Gasteiger partial charge in [-0.15, -0.1) is 0 Å². The average molecular weight is 287 g/mol. The Balaban J connectivity index is 2.77. The zero-order valence-corrected chi connectivity index (χ0v) is 11.9. The second kappa shape index (κ2) is 7.86. The molecule has 0 heterocycles. The van der Waals surface area contributed by atoms with Gasteiger partial charge < -0.3 is 20.5 Å². The van der Waals surface area contributed by atoms with Crippen LogP contribution in [0.25, 0.3) is 0 Å². The van der Waals surface area contributed by atoms with E-state index >= 15 is 0 Å². The van der Waals surface area contributed by atoms with Gasteiger partial charge >= 0.3 is 5.97 Å². The molecule has 0 aliphatic heterocycles. The second-order valence-electron chi connectivity index (χ2n) is 3.89. The molecule has 0 aliphatic rings. The lowest BCUT2D eigenvalue weighted by Crippen LogP contribution is -2.12. The molecule has 3 N–H and O–H groups in total. The van der Waals surface area contributed by atoms with Crippen molar-refractivity contribution in [1.82, 2.24) is 0 Å². The molecule has 0 unspecified atom stereocenters. The van der Waals surface area contributed by atoms with E-state index in [0.29, 0.717) is 41.7 Å². The number of methoxy groups -OCH3 is 1. The normalized spacial score (nSPS) is 10.3. The SMILES string of the molecule is CCOCCCNc1c(Cl)cc(N)cc1C(=O)OC. The van der Waals surface area contributed by atoms with E-state index in [4.69, 9.17) is 26.8 Å². The van der Waals surface area contributed by atoms with Crippen molar-refractivity contribution in [1.29, 1.82) is 0 Å². The third-order valence-electron chi connectivity index (χ3n) is 2.49. The number of nitrogens with one attached hydrogen (secondary N) is 1. The molecule has 0 fully saturated rings. The Hall–Kier alpha value is -1.46. The Kier molecular flexibility index (Phi) is 6.45. The van der Waals surface area contributed by atoms with Crippen LogP contribution in [0.2, 0.25) is 5.02 Å². The molecule has 0 atom stereocenters. The minimum atomic E-state index is -0.471. The maximum atomic E-state index is 11.7. The first kappa shape index (κ1) is 15.6. The van der Waals surface area contributed by atoms with E-state index in [2.05, 4.69) is 5.32 Å². The summed E-state index contributed by atoms with van der Waals surface area (Å²) in [6, 6.07) is 3.14. The number of rotatable bonds is 7. The van der Waals surface area contributed by atoms with Crippen molar-refractivity contribution in [3.63, 3.8) is 0 Å². The van der Waals surface area contributed by atoms with Crippen LogP contribution in [0.5, 0.6) is 0 Å². The highest BCUT2D eigenvalue weighted by Crippen LogP contribution is 2.29. The smallest absolute Gasteiger partial charge is 0.340 e. The molecule has 106 valence electrons. The Labute approximate surface area is 118 Å². The van der Waals surface area contributed by atoms with E-state index < -0.39 is 5.97 Å². The first-order valence-corrected chi connectivity index (χ1v) is 6.46. The highest BCUT2D eigenvalue weighted by molar-refractivity contribution is 6.34. The third kappa shape index (κ3) is 4.61. The lowest BCUT2D eigenvalue weighted by Gasteiger charge is -2.13. The van der Waals surface area contributed by atoms with Crippen molar-refractivity contribution in [3.8, 4) is 0 Å². The fourth-order valence-electron chi connectivity index (χ4n) is 1.61. The zero-order chi connectivity index (χ0) is 14.3. The number of ether oxygens (including phenoxy) is 2. The number of esters is 1. The maximum absolute atomic E-state index is 11.7. The molecule has 1 rings (SSSR count). The number of carbonyl (C=O) groups excluding carboxylic acids is 1. The number of nitrogen functional groups attached to an aromatic ring is 1. The maximum Gasteiger partial charge on any atom is 0.340 e. The van der Waals surface area contributed by atoms with Gasteiger partial charge in [-0.2, -0.15) is 0 Å². The van der Waals surface area contributed by atoms with Gasteiger partial charge in [0.25, 0.3) is 0 Å². The summed E-state index contributed by atoms with van der Waals surface area (Å²) < 4.78 is 9.95. The lowest BCUT2D eigenvalue weighted by atomic mass is 10.1. The number of nitrogens with two attached hydrogens (primary N) is 1. The van der Waals surface area contributed by atoms with Crippen molar-refractivity contribution < 1.29 is 14.3 Å². The molecule has 0 aliphatic carbocycles. The molecular weight excluding hydrogens is 268 g/mol. The molecule has 0 saturated heterocycles. The number of hydrogen-bond donors (Lipinski definition) is 2. The predicted octanol–water partition coefficient (Wildman–Crippen LogP) is 2.55. The van der Waals surface area contributed by atoms with Crippen molar-refractivity contribution in [3.05, 3.63) is 22.7 Å². The number of anilines is 2. The Morgan fingerprint density at radius 1 is 1.47 bits per heavy atom. The van der Waals surface area contributed by atoms with Crippen LogP contribution in [0.4, 0.5) is 11.4 Å². The molecule has 1 aromatic rings. The second-order valence-corrected chi connectivity index (χ2v) is 4.30. The Morgan fingerprint density at radius 3 is 2.84 bits per heavy atom. The summed E-state index contributed by atoms with van der Waals surface area (Å²) in [5.41, 5.74) is 6.97. The number of benzene rings is 1. The molecular formula is C13H19ClN2O3. The highest BCUT2D eigenvalue weighted by atomic mass is 35.5. The van der Waals surface area contributed by atoms with Gasteiger partial charge in [-0.25, -0.2) is 4.79 Å². The van der Waals surface area contributed by atoms with Crippen LogP contribution in [0.15, 0.2) is 12.1 Å². The van der Waals surface area contributed by atoms with E-state index in [9.17, 15) is 4.79 Å². The van der Waals surface area contributed by atoms with E-state index in [0.717, 1.165) is 6.42 Å². The largest absolute Gasteiger partial charge is 0.465 e.